The molecule has 0 aliphatic heterocycles. The van der Waals surface area contributed by atoms with Crippen molar-refractivity contribution in [2.45, 2.75) is 32.6 Å². The molecule has 2 nitrogen and oxygen atoms in total. The van der Waals surface area contributed by atoms with E-state index in [2.05, 4.69) is 0 Å². The highest BCUT2D eigenvalue weighted by Gasteiger charge is 2.26. The van der Waals surface area contributed by atoms with E-state index in [1.165, 1.54) is 6.42 Å². The molecule has 0 bridgehead atoms. The van der Waals surface area contributed by atoms with Gasteiger partial charge in [-0.15, -0.1) is 0 Å². The van der Waals surface area contributed by atoms with Gasteiger partial charge in [-0.25, -0.2) is 0 Å². The van der Waals surface area contributed by atoms with Crippen LogP contribution in [0.3, 0.4) is 0 Å². The number of hydrogen-bond donors (Lipinski definition) is 1. The molecule has 1 unspecified atom stereocenters. The van der Waals surface area contributed by atoms with Gasteiger partial charge in [0.2, 0.25) is 0 Å². The Bertz CT molecular complexity index is 131. The second kappa shape index (κ2) is 3.04. The van der Waals surface area contributed by atoms with Gasteiger partial charge < -0.3 is 5.11 Å². The first-order chi connectivity index (χ1) is 4.72. The highest BCUT2D eigenvalue weighted by atomic mass is 16.4. The minimum Gasteiger partial charge on any atom is -0.481 e. The average Bonchev–Trinajstić information content (AvgIpc) is 1.88. The van der Waals surface area contributed by atoms with E-state index < -0.39 is 5.97 Å². The first kappa shape index (κ1) is 7.58. The van der Waals surface area contributed by atoms with Crippen LogP contribution in [0.4, 0.5) is 0 Å². The maximum atomic E-state index is 10.6. The van der Waals surface area contributed by atoms with Crippen molar-refractivity contribution in [1.29, 1.82) is 0 Å². The Morgan fingerprint density at radius 2 is 2.00 bits per heavy atom. The molecule has 1 fully saturated rings. The molecule has 2 heteroatoms. The van der Waals surface area contributed by atoms with Crippen molar-refractivity contribution in [2.24, 2.45) is 11.8 Å². The van der Waals surface area contributed by atoms with Crippen LogP contribution >= 0.6 is 0 Å². The third kappa shape index (κ3) is 1.49. The summed E-state index contributed by atoms with van der Waals surface area (Å²) in [6.45, 7) is 2.04. The van der Waals surface area contributed by atoms with Gasteiger partial charge in [0.1, 0.15) is 0 Å². The van der Waals surface area contributed by atoms with Crippen LogP contribution < -0.4 is 0 Å². The Hall–Kier alpha value is -0.530. The predicted molar refractivity (Wildman–Crippen MR) is 38.8 cm³/mol. The molecular formula is C8H14O2. The van der Waals surface area contributed by atoms with Gasteiger partial charge in [-0.2, -0.15) is 0 Å². The summed E-state index contributed by atoms with van der Waals surface area (Å²) in [5.74, 6) is -0.271. The first-order valence-corrected chi connectivity index (χ1v) is 3.94. The van der Waals surface area contributed by atoms with Gasteiger partial charge in [0, 0.05) is 0 Å². The summed E-state index contributed by atoms with van der Waals surface area (Å²) in [7, 11) is 0. The van der Waals surface area contributed by atoms with Crippen LogP contribution in [-0.4, -0.2) is 11.1 Å². The van der Waals surface area contributed by atoms with Crippen molar-refractivity contribution in [3.8, 4) is 0 Å². The Morgan fingerprint density at radius 1 is 1.40 bits per heavy atom. The maximum Gasteiger partial charge on any atom is 0.306 e. The fourth-order valence-corrected chi connectivity index (χ4v) is 1.68. The lowest BCUT2D eigenvalue weighted by molar-refractivity contribution is -0.144. The van der Waals surface area contributed by atoms with Crippen LogP contribution in [0.15, 0.2) is 0 Å². The molecule has 1 aliphatic rings. The lowest BCUT2D eigenvalue weighted by Gasteiger charge is -2.24. The summed E-state index contributed by atoms with van der Waals surface area (Å²) < 4.78 is 0. The van der Waals surface area contributed by atoms with Gasteiger partial charge in [0.05, 0.1) is 5.92 Å². The monoisotopic (exact) mass is 142 g/mol. The molecule has 1 saturated carbocycles. The van der Waals surface area contributed by atoms with E-state index in [4.69, 9.17) is 5.11 Å². The lowest BCUT2D eigenvalue weighted by Crippen LogP contribution is -2.24. The van der Waals surface area contributed by atoms with E-state index in [1.54, 1.807) is 0 Å². The summed E-state index contributed by atoms with van der Waals surface area (Å²) >= 11 is 0. The summed E-state index contributed by atoms with van der Waals surface area (Å²) in [5.41, 5.74) is 0. The van der Waals surface area contributed by atoms with Crippen molar-refractivity contribution >= 4 is 5.97 Å². The second-order valence-corrected chi connectivity index (χ2v) is 3.21. The van der Waals surface area contributed by atoms with Crippen LogP contribution in [0.2, 0.25) is 0 Å². The second-order valence-electron chi connectivity index (χ2n) is 3.21. The predicted octanol–water partition coefficient (Wildman–Crippen LogP) is 1.90. The van der Waals surface area contributed by atoms with E-state index in [1.807, 2.05) is 6.92 Å². The Balaban J connectivity index is 2.47. The molecule has 1 N–H and O–H groups in total. The zero-order valence-electron chi connectivity index (χ0n) is 6.34. The molecule has 10 heavy (non-hydrogen) atoms. The van der Waals surface area contributed by atoms with Gasteiger partial charge in [0.25, 0.3) is 0 Å². The van der Waals surface area contributed by atoms with Gasteiger partial charge in [-0.3, -0.25) is 4.79 Å². The standard InChI is InChI=1S/C8H14O2/c1-6-4-2-3-5-7(6)8(9)10/h6-7H,2-5H2,1H3,(H,9,10)/t6?,7-/m1/s1. The molecule has 0 spiro atoms. The number of carbonyl (C=O) groups is 1. The van der Waals surface area contributed by atoms with Crippen molar-refractivity contribution in [3.05, 3.63) is 0 Å². The molecule has 0 heterocycles. The highest BCUT2D eigenvalue weighted by Crippen LogP contribution is 2.29. The van der Waals surface area contributed by atoms with Crippen LogP contribution in [0.25, 0.3) is 0 Å². The SMILES string of the molecule is CC1CCCC[C@H]1C(=O)O. The molecular weight excluding hydrogens is 128 g/mol. The number of hydrogen-bond acceptors (Lipinski definition) is 1. The van der Waals surface area contributed by atoms with Crippen molar-refractivity contribution in [3.63, 3.8) is 0 Å². The molecule has 0 aromatic rings. The number of rotatable bonds is 1. The number of aliphatic carboxylic acids is 1. The Labute approximate surface area is 61.2 Å². The van der Waals surface area contributed by atoms with Gasteiger partial charge in [0.15, 0.2) is 0 Å². The average molecular weight is 142 g/mol. The van der Waals surface area contributed by atoms with E-state index in [0.717, 1.165) is 19.3 Å². The minimum atomic E-state index is -0.604. The van der Waals surface area contributed by atoms with Gasteiger partial charge in [-0.05, 0) is 18.8 Å². The third-order valence-electron chi connectivity index (χ3n) is 2.43. The summed E-state index contributed by atoms with van der Waals surface area (Å²) in [6.07, 6.45) is 4.29. The largest absolute Gasteiger partial charge is 0.481 e. The molecule has 58 valence electrons. The molecule has 1 rings (SSSR count). The van der Waals surface area contributed by atoms with E-state index in [0.29, 0.717) is 5.92 Å². The maximum absolute atomic E-state index is 10.6. The third-order valence-corrected chi connectivity index (χ3v) is 2.43. The van der Waals surface area contributed by atoms with E-state index >= 15 is 0 Å². The fourth-order valence-electron chi connectivity index (χ4n) is 1.68. The molecule has 1 aliphatic carbocycles. The quantitative estimate of drug-likeness (QED) is 0.607. The van der Waals surface area contributed by atoms with E-state index in [9.17, 15) is 4.79 Å². The number of carboxylic acids is 1. The molecule has 0 aromatic heterocycles. The van der Waals surface area contributed by atoms with Gasteiger partial charge >= 0.3 is 5.97 Å². The number of carboxylic acid groups (broad SMARTS) is 1. The zero-order chi connectivity index (χ0) is 7.56. The van der Waals surface area contributed by atoms with Crippen molar-refractivity contribution < 1.29 is 9.90 Å². The molecule has 0 aromatic carbocycles. The fraction of sp³-hybridized carbons (Fsp3) is 0.875. The van der Waals surface area contributed by atoms with Gasteiger partial charge in [-0.1, -0.05) is 19.8 Å². The normalized spacial score (nSPS) is 33.7. The summed E-state index contributed by atoms with van der Waals surface area (Å²) in [6, 6.07) is 0. The molecule has 2 atom stereocenters. The molecule has 0 radical (unpaired) electrons. The van der Waals surface area contributed by atoms with Crippen molar-refractivity contribution in [2.75, 3.05) is 0 Å². The van der Waals surface area contributed by atoms with Crippen LogP contribution in [0, 0.1) is 11.8 Å². The lowest BCUT2D eigenvalue weighted by atomic mass is 9.81. The van der Waals surface area contributed by atoms with Crippen LogP contribution in [-0.2, 0) is 4.79 Å². The summed E-state index contributed by atoms with van der Waals surface area (Å²) in [4.78, 5) is 10.6. The zero-order valence-corrected chi connectivity index (χ0v) is 6.34. The van der Waals surface area contributed by atoms with Crippen molar-refractivity contribution in [1.82, 2.24) is 0 Å². The minimum absolute atomic E-state index is 0.0613. The smallest absolute Gasteiger partial charge is 0.306 e. The summed E-state index contributed by atoms with van der Waals surface area (Å²) in [5, 5.41) is 8.71. The van der Waals surface area contributed by atoms with Crippen LogP contribution in [0.5, 0.6) is 0 Å². The highest BCUT2D eigenvalue weighted by molar-refractivity contribution is 5.70. The topological polar surface area (TPSA) is 37.3 Å². The Morgan fingerprint density at radius 3 is 2.40 bits per heavy atom. The van der Waals surface area contributed by atoms with E-state index in [-0.39, 0.29) is 5.92 Å². The first-order valence-electron chi connectivity index (χ1n) is 3.94. The molecule has 0 saturated heterocycles. The Kier molecular flexibility index (Phi) is 2.30. The molecule has 0 amide bonds. The van der Waals surface area contributed by atoms with Crippen LogP contribution in [0.1, 0.15) is 32.6 Å².